The monoisotopic (exact) mass is 374 g/mol. The van der Waals surface area contributed by atoms with Crippen LogP contribution in [0.2, 0.25) is 0 Å². The van der Waals surface area contributed by atoms with E-state index in [0.29, 0.717) is 19.7 Å². The van der Waals surface area contributed by atoms with Crippen LogP contribution in [0.4, 0.5) is 4.79 Å². The normalized spacial score (nSPS) is 32.0. The SMILES string of the molecule is C[C@H]1CC2(CCN(C(=O)OC(C)(C)C)CC2N[S@](=O)C(C)(C)C)CO1. The Bertz CT molecular complexity index is 526. The quantitative estimate of drug-likeness (QED) is 0.807. The molecule has 1 amide bonds. The Kier molecular flexibility index (Phi) is 5.91. The van der Waals surface area contributed by atoms with E-state index in [2.05, 4.69) is 11.6 Å². The van der Waals surface area contributed by atoms with Crippen molar-refractivity contribution in [2.24, 2.45) is 5.41 Å². The number of carbonyl (C=O) groups excluding carboxylic acids is 1. The lowest BCUT2D eigenvalue weighted by molar-refractivity contribution is 0.000183. The Hall–Kier alpha value is -0.660. The highest BCUT2D eigenvalue weighted by atomic mass is 32.2. The summed E-state index contributed by atoms with van der Waals surface area (Å²) in [6, 6.07) is -0.0706. The number of carbonyl (C=O) groups is 1. The predicted molar refractivity (Wildman–Crippen MR) is 99.7 cm³/mol. The number of piperidine rings is 1. The predicted octanol–water partition coefficient (Wildman–Crippen LogP) is 2.84. The topological polar surface area (TPSA) is 67.9 Å². The summed E-state index contributed by atoms with van der Waals surface area (Å²) in [5.41, 5.74) is -0.590. The minimum absolute atomic E-state index is 0.0706. The Morgan fingerprint density at radius 2 is 1.92 bits per heavy atom. The second-order valence-corrected chi connectivity index (χ2v) is 11.4. The maximum absolute atomic E-state index is 12.7. The summed E-state index contributed by atoms with van der Waals surface area (Å²) in [6.07, 6.45) is 1.65. The average molecular weight is 375 g/mol. The lowest BCUT2D eigenvalue weighted by atomic mass is 9.73. The van der Waals surface area contributed by atoms with Gasteiger partial charge in [-0.15, -0.1) is 0 Å². The number of amides is 1. The molecule has 2 aliphatic rings. The standard InChI is InChI=1S/C18H34N2O4S/c1-13-10-18(12-23-13)8-9-20(15(21)24-16(2,3)4)11-14(18)19-25(22)17(5,6)7/h13-14,19H,8-12H2,1-7H3/t13-,14?,18?,25+/m0/s1. The first-order chi connectivity index (χ1) is 11.3. The first kappa shape index (κ1) is 20.6. The van der Waals surface area contributed by atoms with E-state index in [1.54, 1.807) is 4.90 Å². The van der Waals surface area contributed by atoms with Crippen LogP contribution in [0.15, 0.2) is 0 Å². The summed E-state index contributed by atoms with van der Waals surface area (Å²) in [7, 11) is -1.20. The molecule has 25 heavy (non-hydrogen) atoms. The van der Waals surface area contributed by atoms with E-state index >= 15 is 0 Å². The number of hydrogen-bond acceptors (Lipinski definition) is 4. The van der Waals surface area contributed by atoms with E-state index < -0.39 is 16.6 Å². The van der Waals surface area contributed by atoms with E-state index in [9.17, 15) is 9.00 Å². The molecule has 2 saturated heterocycles. The van der Waals surface area contributed by atoms with Gasteiger partial charge in [-0.25, -0.2) is 13.7 Å². The molecule has 1 N–H and O–H groups in total. The number of hydrogen-bond donors (Lipinski definition) is 1. The van der Waals surface area contributed by atoms with Gasteiger partial charge < -0.3 is 14.4 Å². The van der Waals surface area contributed by atoms with Crippen LogP contribution < -0.4 is 4.72 Å². The molecule has 7 heteroatoms. The maximum Gasteiger partial charge on any atom is 0.410 e. The summed E-state index contributed by atoms with van der Waals surface area (Å²) < 4.78 is 27.0. The summed E-state index contributed by atoms with van der Waals surface area (Å²) in [5, 5.41) is 0. The highest BCUT2D eigenvalue weighted by molar-refractivity contribution is 7.84. The first-order valence-electron chi connectivity index (χ1n) is 9.10. The zero-order chi connectivity index (χ0) is 19.0. The molecule has 0 aromatic carbocycles. The molecule has 2 aliphatic heterocycles. The van der Waals surface area contributed by atoms with Crippen molar-refractivity contribution < 1.29 is 18.5 Å². The van der Waals surface area contributed by atoms with Crippen molar-refractivity contribution in [1.29, 1.82) is 0 Å². The minimum atomic E-state index is -1.20. The van der Waals surface area contributed by atoms with Crippen molar-refractivity contribution in [3.8, 4) is 0 Å². The molecule has 0 aromatic rings. The third-order valence-electron chi connectivity index (χ3n) is 4.83. The number of likely N-dealkylation sites (tertiary alicyclic amines) is 1. The van der Waals surface area contributed by atoms with Crippen LogP contribution in [0.5, 0.6) is 0 Å². The molecule has 146 valence electrons. The van der Waals surface area contributed by atoms with E-state index in [-0.39, 0.29) is 28.4 Å². The Balaban J connectivity index is 2.15. The number of rotatable bonds is 2. The molecule has 2 rings (SSSR count). The third kappa shape index (κ3) is 5.17. The number of ether oxygens (including phenoxy) is 2. The average Bonchev–Trinajstić information content (AvgIpc) is 2.80. The fourth-order valence-electron chi connectivity index (χ4n) is 3.41. The van der Waals surface area contributed by atoms with Gasteiger partial charge in [-0.05, 0) is 61.3 Å². The molecule has 0 saturated carbocycles. The van der Waals surface area contributed by atoms with Gasteiger partial charge in [0.1, 0.15) is 5.60 Å². The molecule has 0 bridgehead atoms. The van der Waals surface area contributed by atoms with Crippen LogP contribution in [0.1, 0.15) is 61.3 Å². The van der Waals surface area contributed by atoms with Crippen LogP contribution >= 0.6 is 0 Å². The highest BCUT2D eigenvalue weighted by Gasteiger charge is 2.50. The largest absolute Gasteiger partial charge is 0.444 e. The van der Waals surface area contributed by atoms with E-state index in [1.165, 1.54) is 0 Å². The molecular weight excluding hydrogens is 340 g/mol. The first-order valence-corrected chi connectivity index (χ1v) is 10.2. The number of nitrogens with zero attached hydrogens (tertiary/aromatic N) is 1. The molecule has 6 nitrogen and oxygen atoms in total. The van der Waals surface area contributed by atoms with Gasteiger partial charge in [0.2, 0.25) is 0 Å². The molecule has 2 fully saturated rings. The molecule has 4 atom stereocenters. The van der Waals surface area contributed by atoms with Gasteiger partial charge in [0.25, 0.3) is 0 Å². The lowest BCUT2D eigenvalue weighted by Gasteiger charge is -2.45. The Morgan fingerprint density at radius 3 is 2.40 bits per heavy atom. The van der Waals surface area contributed by atoms with Gasteiger partial charge in [-0.1, -0.05) is 0 Å². The van der Waals surface area contributed by atoms with Crippen molar-refractivity contribution in [2.75, 3.05) is 19.7 Å². The summed E-state index contributed by atoms with van der Waals surface area (Å²) in [5.74, 6) is 0. The molecule has 1 spiro atoms. The lowest BCUT2D eigenvalue weighted by Crippen LogP contribution is -2.60. The maximum atomic E-state index is 12.7. The zero-order valence-electron chi connectivity index (χ0n) is 16.7. The molecule has 0 aromatic heterocycles. The molecule has 0 aliphatic carbocycles. The van der Waals surface area contributed by atoms with Crippen LogP contribution in [0.3, 0.4) is 0 Å². The van der Waals surface area contributed by atoms with Gasteiger partial charge >= 0.3 is 6.09 Å². The summed E-state index contributed by atoms with van der Waals surface area (Å²) in [4.78, 5) is 14.2. The number of nitrogens with one attached hydrogen (secondary N) is 1. The van der Waals surface area contributed by atoms with Crippen molar-refractivity contribution in [3.63, 3.8) is 0 Å². The van der Waals surface area contributed by atoms with Gasteiger partial charge in [-0.2, -0.15) is 0 Å². The minimum Gasteiger partial charge on any atom is -0.444 e. The molecular formula is C18H34N2O4S. The Morgan fingerprint density at radius 1 is 1.28 bits per heavy atom. The van der Waals surface area contributed by atoms with Crippen LogP contribution in [-0.2, 0) is 20.5 Å². The molecule has 2 unspecified atom stereocenters. The van der Waals surface area contributed by atoms with Crippen LogP contribution in [-0.4, -0.2) is 57.4 Å². The van der Waals surface area contributed by atoms with Crippen molar-refractivity contribution in [2.45, 2.75) is 83.8 Å². The van der Waals surface area contributed by atoms with Gasteiger partial charge in [0.05, 0.1) is 28.4 Å². The van der Waals surface area contributed by atoms with Gasteiger partial charge in [-0.3, -0.25) is 0 Å². The summed E-state index contributed by atoms with van der Waals surface area (Å²) >= 11 is 0. The van der Waals surface area contributed by atoms with Crippen molar-refractivity contribution >= 4 is 17.1 Å². The van der Waals surface area contributed by atoms with Crippen molar-refractivity contribution in [1.82, 2.24) is 9.62 Å². The highest BCUT2D eigenvalue weighted by Crippen LogP contribution is 2.42. The fraction of sp³-hybridized carbons (Fsp3) is 0.944. The van der Waals surface area contributed by atoms with E-state index in [0.717, 1.165) is 12.8 Å². The van der Waals surface area contributed by atoms with E-state index in [4.69, 9.17) is 9.47 Å². The smallest absolute Gasteiger partial charge is 0.410 e. The second-order valence-electron chi connectivity index (χ2n) is 9.42. The summed E-state index contributed by atoms with van der Waals surface area (Å²) in [6.45, 7) is 15.3. The van der Waals surface area contributed by atoms with E-state index in [1.807, 2.05) is 41.5 Å². The fourth-order valence-corrected chi connectivity index (χ4v) is 4.35. The van der Waals surface area contributed by atoms with Gasteiger partial charge in [0, 0.05) is 24.5 Å². The van der Waals surface area contributed by atoms with Crippen LogP contribution in [0.25, 0.3) is 0 Å². The second kappa shape index (κ2) is 7.16. The molecule has 2 heterocycles. The van der Waals surface area contributed by atoms with Crippen LogP contribution in [0, 0.1) is 5.41 Å². The third-order valence-corrected chi connectivity index (χ3v) is 6.44. The molecule has 0 radical (unpaired) electrons. The zero-order valence-corrected chi connectivity index (χ0v) is 17.5. The van der Waals surface area contributed by atoms with Crippen molar-refractivity contribution in [3.05, 3.63) is 0 Å². The van der Waals surface area contributed by atoms with Gasteiger partial charge in [0.15, 0.2) is 0 Å². The Labute approximate surface area is 154 Å².